The second kappa shape index (κ2) is 12.9. The summed E-state index contributed by atoms with van der Waals surface area (Å²) in [5, 5.41) is 3.45. The molecule has 1 amide bonds. The van der Waals surface area contributed by atoms with Gasteiger partial charge in [0.1, 0.15) is 5.60 Å². The number of likely N-dealkylation sites (tertiary alicyclic amines) is 1. The summed E-state index contributed by atoms with van der Waals surface area (Å²) in [7, 11) is 1.84. The van der Waals surface area contributed by atoms with Crippen LogP contribution in [0, 0.1) is 5.92 Å². The topological polar surface area (TPSA) is 57.2 Å². The number of thioether (sulfide) groups is 1. The lowest BCUT2D eigenvalue weighted by Crippen LogP contribution is -2.52. The summed E-state index contributed by atoms with van der Waals surface area (Å²) in [5.74, 6) is 3.64. The molecule has 1 saturated heterocycles. The Morgan fingerprint density at radius 2 is 1.97 bits per heavy atom. The Kier molecular flexibility index (Phi) is 11.8. The molecule has 8 heteroatoms. The van der Waals surface area contributed by atoms with E-state index in [2.05, 4.69) is 21.8 Å². The summed E-state index contributed by atoms with van der Waals surface area (Å²) in [6.45, 7) is 13.1. The van der Waals surface area contributed by atoms with E-state index >= 15 is 0 Å². The number of hydrogen-bond acceptors (Lipinski definition) is 4. The highest BCUT2D eigenvalue weighted by atomic mass is 127. The Hall–Kier alpha value is -0.640. The number of nitrogens with one attached hydrogen (secondary N) is 1. The van der Waals surface area contributed by atoms with Gasteiger partial charge >= 0.3 is 6.09 Å². The molecule has 0 aromatic carbocycles. The number of ether oxygens (including phenoxy) is 1. The molecule has 0 aromatic heterocycles. The zero-order valence-corrected chi connectivity index (χ0v) is 21.6. The number of aliphatic imine (C=N–C) groups is 1. The third-order valence-electron chi connectivity index (χ3n) is 4.96. The largest absolute Gasteiger partial charge is 0.444 e. The molecule has 1 N–H and O–H groups in total. The van der Waals surface area contributed by atoms with Crippen LogP contribution in [0.15, 0.2) is 17.6 Å². The molecular formula is C21H39IN4O2S. The maximum atomic E-state index is 12.8. The van der Waals surface area contributed by atoms with E-state index < -0.39 is 5.60 Å². The second-order valence-electron chi connectivity index (χ2n) is 8.63. The van der Waals surface area contributed by atoms with Crippen LogP contribution in [0.5, 0.6) is 0 Å². The molecule has 1 aliphatic carbocycles. The lowest BCUT2D eigenvalue weighted by atomic mass is 10.0. The van der Waals surface area contributed by atoms with Gasteiger partial charge in [0.05, 0.1) is 0 Å². The fraction of sp³-hybridized carbons (Fsp3) is 0.810. The molecule has 1 heterocycles. The second-order valence-corrected chi connectivity index (χ2v) is 9.78. The van der Waals surface area contributed by atoms with E-state index in [0.717, 1.165) is 56.5 Å². The molecule has 0 bridgehead atoms. The van der Waals surface area contributed by atoms with Crippen LogP contribution in [-0.2, 0) is 4.74 Å². The van der Waals surface area contributed by atoms with Crippen LogP contribution < -0.4 is 5.32 Å². The monoisotopic (exact) mass is 538 g/mol. The van der Waals surface area contributed by atoms with Gasteiger partial charge < -0.3 is 19.9 Å². The highest BCUT2D eigenvalue weighted by Crippen LogP contribution is 2.32. The number of amides is 1. The fourth-order valence-corrected chi connectivity index (χ4v) is 3.97. The van der Waals surface area contributed by atoms with Crippen LogP contribution in [0.25, 0.3) is 0 Å². The zero-order chi connectivity index (χ0) is 20.6. The van der Waals surface area contributed by atoms with Gasteiger partial charge in [0, 0.05) is 50.8 Å². The maximum Gasteiger partial charge on any atom is 0.410 e. The minimum Gasteiger partial charge on any atom is -0.444 e. The van der Waals surface area contributed by atoms with Crippen molar-refractivity contribution < 1.29 is 9.53 Å². The van der Waals surface area contributed by atoms with Crippen molar-refractivity contribution in [2.24, 2.45) is 10.9 Å². The molecule has 1 aliphatic heterocycles. The van der Waals surface area contributed by atoms with Crippen LogP contribution in [0.1, 0.15) is 46.5 Å². The average molecular weight is 539 g/mol. The lowest BCUT2D eigenvalue weighted by molar-refractivity contribution is 0.00929. The van der Waals surface area contributed by atoms with Crippen molar-refractivity contribution in [1.29, 1.82) is 0 Å². The Labute approximate surface area is 198 Å². The van der Waals surface area contributed by atoms with E-state index in [1.165, 1.54) is 12.8 Å². The summed E-state index contributed by atoms with van der Waals surface area (Å²) in [6, 6.07) is 0.257. The Balaban J connectivity index is 0.00000420. The van der Waals surface area contributed by atoms with Gasteiger partial charge in [0.25, 0.3) is 0 Å². The quantitative estimate of drug-likeness (QED) is 0.165. The molecule has 2 rings (SSSR count). The predicted molar refractivity (Wildman–Crippen MR) is 135 cm³/mol. The molecule has 2 aliphatic rings. The van der Waals surface area contributed by atoms with Gasteiger partial charge in [-0.15, -0.1) is 30.6 Å². The summed E-state index contributed by atoms with van der Waals surface area (Å²) in [4.78, 5) is 21.5. The van der Waals surface area contributed by atoms with E-state index in [9.17, 15) is 4.79 Å². The molecule has 2 fully saturated rings. The third-order valence-corrected chi connectivity index (χ3v) is 5.93. The summed E-state index contributed by atoms with van der Waals surface area (Å²) < 4.78 is 5.69. The molecule has 168 valence electrons. The highest BCUT2D eigenvalue weighted by molar-refractivity contribution is 14.0. The zero-order valence-electron chi connectivity index (χ0n) is 18.5. The van der Waals surface area contributed by atoms with Crippen molar-refractivity contribution in [2.75, 3.05) is 44.7 Å². The molecular weight excluding hydrogens is 499 g/mol. The smallest absolute Gasteiger partial charge is 0.410 e. The van der Waals surface area contributed by atoms with Gasteiger partial charge in [-0.3, -0.25) is 4.99 Å². The van der Waals surface area contributed by atoms with Crippen molar-refractivity contribution in [1.82, 2.24) is 15.1 Å². The molecule has 0 unspecified atom stereocenters. The van der Waals surface area contributed by atoms with E-state index in [4.69, 9.17) is 4.74 Å². The fourth-order valence-electron chi connectivity index (χ4n) is 3.40. The standard InChI is InChI=1S/C21H38N4O2S.HI/c1-6-14-28-15-11-23-19(22-5)24-12-9-18(10-13-24)25(16-17-7-8-17)20(26)27-21(2,3)4;/h6,17-18H,1,7-16H2,2-5H3,(H,22,23);1H. The van der Waals surface area contributed by atoms with Gasteiger partial charge in [0.15, 0.2) is 5.96 Å². The molecule has 29 heavy (non-hydrogen) atoms. The molecule has 0 radical (unpaired) electrons. The molecule has 0 spiro atoms. The first-order valence-electron chi connectivity index (χ1n) is 10.5. The first-order chi connectivity index (χ1) is 13.3. The van der Waals surface area contributed by atoms with Gasteiger partial charge in [-0.2, -0.15) is 11.8 Å². The van der Waals surface area contributed by atoms with Crippen molar-refractivity contribution in [3.05, 3.63) is 12.7 Å². The van der Waals surface area contributed by atoms with Gasteiger partial charge in [-0.25, -0.2) is 4.79 Å². The number of carbonyl (C=O) groups excluding carboxylic acids is 1. The Morgan fingerprint density at radius 3 is 2.48 bits per heavy atom. The van der Waals surface area contributed by atoms with Crippen LogP contribution in [-0.4, -0.2) is 78.2 Å². The lowest BCUT2D eigenvalue weighted by Gasteiger charge is -2.40. The Bertz CT molecular complexity index is 541. The van der Waals surface area contributed by atoms with Crippen LogP contribution in [0.4, 0.5) is 4.79 Å². The maximum absolute atomic E-state index is 12.8. The van der Waals surface area contributed by atoms with E-state index in [1.807, 2.05) is 50.6 Å². The van der Waals surface area contributed by atoms with Gasteiger partial charge in [-0.1, -0.05) is 6.08 Å². The van der Waals surface area contributed by atoms with Crippen LogP contribution in [0.2, 0.25) is 0 Å². The van der Waals surface area contributed by atoms with Crippen LogP contribution in [0.3, 0.4) is 0 Å². The number of rotatable bonds is 8. The number of piperidine rings is 1. The van der Waals surface area contributed by atoms with Crippen molar-refractivity contribution in [3.63, 3.8) is 0 Å². The number of carbonyl (C=O) groups is 1. The molecule has 0 atom stereocenters. The summed E-state index contributed by atoms with van der Waals surface area (Å²) in [5.41, 5.74) is -0.449. The minimum atomic E-state index is -0.449. The number of halogens is 1. The highest BCUT2D eigenvalue weighted by Gasteiger charge is 2.35. The minimum absolute atomic E-state index is 0. The first kappa shape index (κ1) is 26.4. The van der Waals surface area contributed by atoms with Crippen molar-refractivity contribution >= 4 is 47.8 Å². The molecule has 1 saturated carbocycles. The SMILES string of the molecule is C=CCSCCNC(=NC)N1CCC(N(CC2CC2)C(=O)OC(C)(C)C)CC1.I. The number of nitrogens with zero attached hydrogens (tertiary/aromatic N) is 3. The average Bonchev–Trinajstić information content (AvgIpc) is 3.46. The summed E-state index contributed by atoms with van der Waals surface area (Å²) in [6.07, 6.45) is 6.16. The normalized spacial score (nSPS) is 18.1. The van der Waals surface area contributed by atoms with E-state index in [0.29, 0.717) is 5.92 Å². The Morgan fingerprint density at radius 1 is 1.31 bits per heavy atom. The third kappa shape index (κ3) is 9.81. The summed E-state index contributed by atoms with van der Waals surface area (Å²) >= 11 is 1.86. The number of hydrogen-bond donors (Lipinski definition) is 1. The van der Waals surface area contributed by atoms with E-state index in [1.54, 1.807) is 0 Å². The van der Waals surface area contributed by atoms with Crippen LogP contribution >= 0.6 is 35.7 Å². The van der Waals surface area contributed by atoms with E-state index in [-0.39, 0.29) is 36.1 Å². The van der Waals surface area contributed by atoms with Gasteiger partial charge in [0.2, 0.25) is 0 Å². The van der Waals surface area contributed by atoms with Crippen molar-refractivity contribution in [3.8, 4) is 0 Å². The first-order valence-corrected chi connectivity index (χ1v) is 11.6. The molecule has 6 nitrogen and oxygen atoms in total. The van der Waals surface area contributed by atoms with Gasteiger partial charge in [-0.05, 0) is 52.4 Å². The molecule has 0 aromatic rings. The predicted octanol–water partition coefficient (Wildman–Crippen LogP) is 4.21. The van der Waals surface area contributed by atoms with Crippen molar-refractivity contribution in [2.45, 2.75) is 58.1 Å². The number of guanidine groups is 1.